The maximum absolute atomic E-state index is 11.3. The third-order valence-electron chi connectivity index (χ3n) is 1.93. The van der Waals surface area contributed by atoms with Crippen molar-refractivity contribution >= 4 is 21.7 Å². The minimum Gasteiger partial charge on any atom is -0.493 e. The van der Waals surface area contributed by atoms with Gasteiger partial charge >= 0.3 is 0 Å². The van der Waals surface area contributed by atoms with E-state index < -0.39 is 0 Å². The van der Waals surface area contributed by atoms with Crippen LogP contribution in [0.1, 0.15) is 24.2 Å². The van der Waals surface area contributed by atoms with Gasteiger partial charge in [-0.15, -0.1) is 0 Å². The lowest BCUT2D eigenvalue weighted by molar-refractivity contribution is 0.101. The summed E-state index contributed by atoms with van der Waals surface area (Å²) < 4.78 is 11.2. The van der Waals surface area contributed by atoms with Crippen molar-refractivity contribution < 1.29 is 14.3 Å². The summed E-state index contributed by atoms with van der Waals surface area (Å²) in [5, 5.41) is 0. The van der Waals surface area contributed by atoms with Crippen molar-refractivity contribution in [2.24, 2.45) is 0 Å². The lowest BCUT2D eigenvalue weighted by Gasteiger charge is -2.11. The highest BCUT2D eigenvalue weighted by Gasteiger charge is 2.12. The van der Waals surface area contributed by atoms with Gasteiger partial charge in [-0.2, -0.15) is 0 Å². The summed E-state index contributed by atoms with van der Waals surface area (Å²) in [5.74, 6) is 1.20. The van der Waals surface area contributed by atoms with Gasteiger partial charge in [-0.05, 0) is 41.9 Å². The monoisotopic (exact) mass is 272 g/mol. The van der Waals surface area contributed by atoms with E-state index in [0.29, 0.717) is 23.7 Å². The number of ketones is 1. The van der Waals surface area contributed by atoms with E-state index in [1.165, 1.54) is 6.92 Å². The Hall–Kier alpha value is -1.03. The Morgan fingerprint density at radius 1 is 1.40 bits per heavy atom. The van der Waals surface area contributed by atoms with Crippen molar-refractivity contribution in [2.45, 2.75) is 13.8 Å². The molecule has 1 aromatic rings. The van der Waals surface area contributed by atoms with Gasteiger partial charge in [-0.3, -0.25) is 4.79 Å². The summed E-state index contributed by atoms with van der Waals surface area (Å²) in [5.41, 5.74) is 0.593. The van der Waals surface area contributed by atoms with Gasteiger partial charge in [0.1, 0.15) is 0 Å². The first-order valence-electron chi connectivity index (χ1n) is 4.61. The summed E-state index contributed by atoms with van der Waals surface area (Å²) in [6.07, 6.45) is 0. The van der Waals surface area contributed by atoms with Crippen LogP contribution in [0, 0.1) is 0 Å². The van der Waals surface area contributed by atoms with Crippen LogP contribution >= 0.6 is 15.9 Å². The second kappa shape index (κ2) is 5.16. The summed E-state index contributed by atoms with van der Waals surface area (Å²) >= 11 is 3.32. The number of rotatable bonds is 4. The van der Waals surface area contributed by atoms with Gasteiger partial charge in [0, 0.05) is 10.0 Å². The Bertz CT molecular complexity index is 374. The maximum atomic E-state index is 11.3. The number of carbonyl (C=O) groups excluding carboxylic acids is 1. The van der Waals surface area contributed by atoms with Crippen molar-refractivity contribution in [3.05, 3.63) is 22.2 Å². The molecule has 0 amide bonds. The van der Waals surface area contributed by atoms with E-state index in [9.17, 15) is 4.79 Å². The third-order valence-corrected chi connectivity index (χ3v) is 2.59. The van der Waals surface area contributed by atoms with Crippen LogP contribution in [0.5, 0.6) is 11.5 Å². The molecule has 1 rings (SSSR count). The topological polar surface area (TPSA) is 35.5 Å². The molecule has 0 N–H and O–H groups in total. The van der Waals surface area contributed by atoms with Gasteiger partial charge in [-0.25, -0.2) is 0 Å². The first kappa shape index (κ1) is 12.0. The molecule has 0 spiro atoms. The Balaban J connectivity index is 3.22. The van der Waals surface area contributed by atoms with Crippen molar-refractivity contribution in [2.75, 3.05) is 13.7 Å². The molecule has 82 valence electrons. The van der Waals surface area contributed by atoms with Crippen LogP contribution in [0.25, 0.3) is 0 Å². The summed E-state index contributed by atoms with van der Waals surface area (Å²) in [6.45, 7) is 3.97. The first-order chi connectivity index (χ1) is 7.10. The Morgan fingerprint density at radius 2 is 2.07 bits per heavy atom. The van der Waals surface area contributed by atoms with E-state index in [-0.39, 0.29) is 5.78 Å². The quantitative estimate of drug-likeness (QED) is 0.791. The average Bonchev–Trinajstić information content (AvgIpc) is 2.18. The van der Waals surface area contributed by atoms with Crippen molar-refractivity contribution in [3.63, 3.8) is 0 Å². The standard InChI is InChI=1S/C11H13BrO3/c1-4-15-11-6-9(12)8(7(2)13)5-10(11)14-3/h5-6H,4H2,1-3H3. The average molecular weight is 273 g/mol. The molecule has 0 aliphatic rings. The van der Waals surface area contributed by atoms with E-state index in [2.05, 4.69) is 15.9 Å². The fourth-order valence-electron chi connectivity index (χ4n) is 1.23. The van der Waals surface area contributed by atoms with Crippen LogP contribution in [0.3, 0.4) is 0 Å². The first-order valence-corrected chi connectivity index (χ1v) is 5.40. The number of hydrogen-bond acceptors (Lipinski definition) is 3. The summed E-state index contributed by atoms with van der Waals surface area (Å²) in [4.78, 5) is 11.3. The van der Waals surface area contributed by atoms with E-state index in [0.717, 1.165) is 4.47 Å². The lowest BCUT2D eigenvalue weighted by Crippen LogP contribution is -1.99. The Morgan fingerprint density at radius 3 is 2.53 bits per heavy atom. The molecule has 4 heteroatoms. The van der Waals surface area contributed by atoms with Gasteiger partial charge in [0.05, 0.1) is 13.7 Å². The molecule has 0 saturated carbocycles. The van der Waals surface area contributed by atoms with Crippen LogP contribution in [0.15, 0.2) is 16.6 Å². The van der Waals surface area contributed by atoms with Crippen molar-refractivity contribution in [3.8, 4) is 11.5 Å². The molecule has 0 heterocycles. The molecule has 0 aliphatic heterocycles. The zero-order chi connectivity index (χ0) is 11.4. The number of ether oxygens (including phenoxy) is 2. The molecule has 0 radical (unpaired) electrons. The van der Waals surface area contributed by atoms with Crippen molar-refractivity contribution in [1.29, 1.82) is 0 Å². The SMILES string of the molecule is CCOc1cc(Br)c(C(C)=O)cc1OC. The smallest absolute Gasteiger partial charge is 0.162 e. The van der Waals surface area contributed by atoms with Crippen LogP contribution < -0.4 is 9.47 Å². The predicted molar refractivity (Wildman–Crippen MR) is 61.9 cm³/mol. The van der Waals surface area contributed by atoms with Gasteiger partial charge in [0.15, 0.2) is 17.3 Å². The zero-order valence-corrected chi connectivity index (χ0v) is 10.6. The Kier molecular flexibility index (Phi) is 4.15. The summed E-state index contributed by atoms with van der Waals surface area (Å²) in [7, 11) is 1.55. The highest BCUT2D eigenvalue weighted by atomic mass is 79.9. The number of carbonyl (C=O) groups is 1. The number of halogens is 1. The number of methoxy groups -OCH3 is 1. The molecule has 0 bridgehead atoms. The molecule has 0 atom stereocenters. The predicted octanol–water partition coefficient (Wildman–Crippen LogP) is 3.06. The highest BCUT2D eigenvalue weighted by molar-refractivity contribution is 9.10. The lowest BCUT2D eigenvalue weighted by atomic mass is 10.1. The van der Waals surface area contributed by atoms with Crippen molar-refractivity contribution in [1.82, 2.24) is 0 Å². The molecule has 0 unspecified atom stereocenters. The Labute approximate surface area is 97.5 Å². The molecule has 15 heavy (non-hydrogen) atoms. The van der Waals surface area contributed by atoms with Gasteiger partial charge in [0.25, 0.3) is 0 Å². The number of benzene rings is 1. The highest BCUT2D eigenvalue weighted by Crippen LogP contribution is 2.33. The minimum absolute atomic E-state index is 0.0109. The minimum atomic E-state index is -0.0109. The maximum Gasteiger partial charge on any atom is 0.162 e. The van der Waals surface area contributed by atoms with Gasteiger partial charge < -0.3 is 9.47 Å². The molecular formula is C11H13BrO3. The number of Topliss-reactive ketones (excluding diaryl/α,β-unsaturated/α-hetero) is 1. The summed E-state index contributed by atoms with van der Waals surface area (Å²) in [6, 6.07) is 3.43. The molecule has 1 aromatic carbocycles. The van der Waals surface area contributed by atoms with E-state index >= 15 is 0 Å². The third kappa shape index (κ3) is 2.72. The van der Waals surface area contributed by atoms with E-state index in [1.54, 1.807) is 19.2 Å². The molecular weight excluding hydrogens is 260 g/mol. The molecule has 0 saturated heterocycles. The second-order valence-electron chi connectivity index (χ2n) is 2.97. The van der Waals surface area contributed by atoms with Crippen LogP contribution in [0.2, 0.25) is 0 Å². The van der Waals surface area contributed by atoms with Crippen LogP contribution in [0.4, 0.5) is 0 Å². The fourth-order valence-corrected chi connectivity index (χ4v) is 1.83. The molecule has 0 aromatic heterocycles. The van der Waals surface area contributed by atoms with E-state index in [1.807, 2.05) is 6.92 Å². The molecule has 0 aliphatic carbocycles. The van der Waals surface area contributed by atoms with Crippen LogP contribution in [-0.4, -0.2) is 19.5 Å². The molecule has 3 nitrogen and oxygen atoms in total. The van der Waals surface area contributed by atoms with Gasteiger partial charge in [0.2, 0.25) is 0 Å². The molecule has 0 fully saturated rings. The van der Waals surface area contributed by atoms with Gasteiger partial charge in [-0.1, -0.05) is 0 Å². The van der Waals surface area contributed by atoms with Crippen LogP contribution in [-0.2, 0) is 0 Å². The fraction of sp³-hybridized carbons (Fsp3) is 0.364. The zero-order valence-electron chi connectivity index (χ0n) is 8.96. The van der Waals surface area contributed by atoms with E-state index in [4.69, 9.17) is 9.47 Å². The normalized spacial score (nSPS) is 9.87. The second-order valence-corrected chi connectivity index (χ2v) is 3.83. The number of hydrogen-bond donors (Lipinski definition) is 0. The largest absolute Gasteiger partial charge is 0.493 e.